The van der Waals surface area contributed by atoms with Crippen LogP contribution in [-0.2, 0) is 4.74 Å². The summed E-state index contributed by atoms with van der Waals surface area (Å²) in [5.74, 6) is 0.777. The predicted octanol–water partition coefficient (Wildman–Crippen LogP) is 4.60. The van der Waals surface area contributed by atoms with E-state index in [1.807, 2.05) is 6.92 Å². The molecule has 0 unspecified atom stereocenters. The minimum atomic E-state index is 0.0481. The van der Waals surface area contributed by atoms with E-state index in [4.69, 9.17) is 4.74 Å². The van der Waals surface area contributed by atoms with Gasteiger partial charge in [-0.1, -0.05) is 32.9 Å². The summed E-state index contributed by atoms with van der Waals surface area (Å²) in [6.45, 7) is 12.0. The summed E-state index contributed by atoms with van der Waals surface area (Å²) < 4.78 is 6.08. The molecule has 0 atom stereocenters. The Morgan fingerprint density at radius 1 is 1.13 bits per heavy atom. The summed E-state index contributed by atoms with van der Waals surface area (Å²) in [6, 6.07) is 0. The average Bonchev–Trinajstić information content (AvgIpc) is 2.44. The van der Waals surface area contributed by atoms with Crippen molar-refractivity contribution in [3.63, 3.8) is 0 Å². The standard InChI is InChI=1S/C14H24O/c1-5-14(15-13(4)12(2)3)10-8-6-7-9-11-14/h2,4-11H2,1,3H3. The number of hydrogen-bond acceptors (Lipinski definition) is 1. The van der Waals surface area contributed by atoms with Crippen LogP contribution in [0.15, 0.2) is 24.5 Å². The van der Waals surface area contributed by atoms with Gasteiger partial charge in [0.1, 0.15) is 11.4 Å². The summed E-state index contributed by atoms with van der Waals surface area (Å²) in [5, 5.41) is 0. The number of allylic oxidation sites excluding steroid dienone is 1. The van der Waals surface area contributed by atoms with Gasteiger partial charge in [0, 0.05) is 0 Å². The van der Waals surface area contributed by atoms with Gasteiger partial charge in [0.05, 0.1) is 0 Å². The van der Waals surface area contributed by atoms with Crippen molar-refractivity contribution in [2.75, 3.05) is 0 Å². The van der Waals surface area contributed by atoms with Crippen LogP contribution in [0.3, 0.4) is 0 Å². The summed E-state index contributed by atoms with van der Waals surface area (Å²) in [5.41, 5.74) is 0.999. The quantitative estimate of drug-likeness (QED) is 0.373. The van der Waals surface area contributed by atoms with Gasteiger partial charge in [0.15, 0.2) is 0 Å². The van der Waals surface area contributed by atoms with E-state index in [1.54, 1.807) is 0 Å². The monoisotopic (exact) mass is 208 g/mol. The lowest BCUT2D eigenvalue weighted by Crippen LogP contribution is -2.30. The summed E-state index contributed by atoms with van der Waals surface area (Å²) >= 11 is 0. The lowest BCUT2D eigenvalue weighted by molar-refractivity contribution is -0.0101. The zero-order valence-corrected chi connectivity index (χ0v) is 10.3. The van der Waals surface area contributed by atoms with E-state index in [0.29, 0.717) is 0 Å². The molecule has 86 valence electrons. The van der Waals surface area contributed by atoms with Gasteiger partial charge in [0.2, 0.25) is 0 Å². The summed E-state index contributed by atoms with van der Waals surface area (Å²) in [6.07, 6.45) is 8.72. The van der Waals surface area contributed by atoms with E-state index in [2.05, 4.69) is 20.1 Å². The van der Waals surface area contributed by atoms with E-state index >= 15 is 0 Å². The third-order valence-electron chi connectivity index (χ3n) is 3.47. The topological polar surface area (TPSA) is 9.23 Å². The largest absolute Gasteiger partial charge is 0.488 e. The highest BCUT2D eigenvalue weighted by atomic mass is 16.5. The third kappa shape index (κ3) is 3.40. The third-order valence-corrected chi connectivity index (χ3v) is 3.47. The van der Waals surface area contributed by atoms with Gasteiger partial charge in [0.25, 0.3) is 0 Å². The molecule has 0 heterocycles. The molecule has 1 fully saturated rings. The fourth-order valence-electron chi connectivity index (χ4n) is 2.25. The first-order chi connectivity index (χ1) is 7.09. The normalized spacial score (nSPS) is 20.4. The molecule has 0 N–H and O–H groups in total. The highest BCUT2D eigenvalue weighted by Gasteiger charge is 2.31. The van der Waals surface area contributed by atoms with Crippen LogP contribution in [0, 0.1) is 0 Å². The Balaban J connectivity index is 2.65. The second-order valence-electron chi connectivity index (χ2n) is 4.76. The van der Waals surface area contributed by atoms with Crippen LogP contribution in [0.5, 0.6) is 0 Å². The highest BCUT2D eigenvalue weighted by molar-refractivity contribution is 5.17. The predicted molar refractivity (Wildman–Crippen MR) is 65.8 cm³/mol. The van der Waals surface area contributed by atoms with Gasteiger partial charge >= 0.3 is 0 Å². The van der Waals surface area contributed by atoms with Crippen molar-refractivity contribution in [2.24, 2.45) is 0 Å². The second kappa shape index (κ2) is 5.39. The number of ether oxygens (including phenoxy) is 1. The average molecular weight is 208 g/mol. The van der Waals surface area contributed by atoms with Crippen LogP contribution in [0.4, 0.5) is 0 Å². The molecule has 0 bridgehead atoms. The van der Waals surface area contributed by atoms with E-state index in [-0.39, 0.29) is 5.60 Å². The molecule has 1 heteroatoms. The van der Waals surface area contributed by atoms with Gasteiger partial charge in [-0.15, -0.1) is 0 Å². The van der Waals surface area contributed by atoms with Crippen molar-refractivity contribution < 1.29 is 4.74 Å². The first-order valence-corrected chi connectivity index (χ1v) is 6.13. The van der Waals surface area contributed by atoms with E-state index in [1.165, 1.54) is 38.5 Å². The zero-order chi connectivity index (χ0) is 11.3. The van der Waals surface area contributed by atoms with Gasteiger partial charge in [-0.25, -0.2) is 0 Å². The maximum atomic E-state index is 6.08. The van der Waals surface area contributed by atoms with Gasteiger partial charge < -0.3 is 4.74 Å². The fraction of sp³-hybridized carbons (Fsp3) is 0.714. The van der Waals surface area contributed by atoms with Crippen LogP contribution in [0.25, 0.3) is 0 Å². The molecule has 0 spiro atoms. The number of rotatable bonds is 4. The van der Waals surface area contributed by atoms with Crippen molar-refractivity contribution in [3.05, 3.63) is 24.5 Å². The highest BCUT2D eigenvalue weighted by Crippen LogP contribution is 2.35. The molecule has 0 aromatic rings. The van der Waals surface area contributed by atoms with E-state index in [0.717, 1.165) is 17.8 Å². The fourth-order valence-corrected chi connectivity index (χ4v) is 2.25. The van der Waals surface area contributed by atoms with E-state index < -0.39 is 0 Å². The number of hydrogen-bond donors (Lipinski definition) is 0. The maximum Gasteiger partial charge on any atom is 0.115 e. The Kier molecular flexibility index (Phi) is 4.44. The molecular weight excluding hydrogens is 184 g/mol. The van der Waals surface area contributed by atoms with Crippen LogP contribution >= 0.6 is 0 Å². The lowest BCUT2D eigenvalue weighted by Gasteiger charge is -2.33. The molecule has 0 radical (unpaired) electrons. The molecule has 0 saturated heterocycles. The van der Waals surface area contributed by atoms with E-state index in [9.17, 15) is 0 Å². The summed E-state index contributed by atoms with van der Waals surface area (Å²) in [7, 11) is 0. The zero-order valence-electron chi connectivity index (χ0n) is 10.3. The molecular formula is C14H24O. The van der Waals surface area contributed by atoms with Gasteiger partial charge in [-0.3, -0.25) is 0 Å². The molecule has 1 nitrogen and oxygen atoms in total. The van der Waals surface area contributed by atoms with Gasteiger partial charge in [-0.2, -0.15) is 0 Å². The second-order valence-corrected chi connectivity index (χ2v) is 4.76. The molecule has 0 aromatic carbocycles. The minimum absolute atomic E-state index is 0.0481. The molecule has 0 aromatic heterocycles. The molecule has 1 rings (SSSR count). The first kappa shape index (κ1) is 12.4. The molecule has 0 aliphatic heterocycles. The molecule has 1 aliphatic carbocycles. The molecule has 0 amide bonds. The van der Waals surface area contributed by atoms with Crippen molar-refractivity contribution in [2.45, 2.75) is 64.4 Å². The van der Waals surface area contributed by atoms with Crippen LogP contribution in [0.1, 0.15) is 58.8 Å². The van der Waals surface area contributed by atoms with Gasteiger partial charge in [-0.05, 0) is 44.6 Å². The van der Waals surface area contributed by atoms with Crippen molar-refractivity contribution in [3.8, 4) is 0 Å². The Morgan fingerprint density at radius 2 is 1.67 bits per heavy atom. The Hall–Kier alpha value is -0.720. The van der Waals surface area contributed by atoms with Crippen molar-refractivity contribution >= 4 is 0 Å². The Bertz CT molecular complexity index is 232. The maximum absolute atomic E-state index is 6.08. The van der Waals surface area contributed by atoms with Crippen molar-refractivity contribution in [1.29, 1.82) is 0 Å². The Labute approximate surface area is 94.2 Å². The van der Waals surface area contributed by atoms with Crippen LogP contribution < -0.4 is 0 Å². The smallest absolute Gasteiger partial charge is 0.115 e. The SMILES string of the molecule is C=C(C)C(=C)OC1(CC)CCCCCC1. The minimum Gasteiger partial charge on any atom is -0.488 e. The molecule has 1 aliphatic rings. The molecule has 15 heavy (non-hydrogen) atoms. The molecule has 1 saturated carbocycles. The lowest BCUT2D eigenvalue weighted by atomic mass is 9.91. The van der Waals surface area contributed by atoms with Crippen molar-refractivity contribution in [1.82, 2.24) is 0 Å². The first-order valence-electron chi connectivity index (χ1n) is 6.13. The summed E-state index contributed by atoms with van der Waals surface area (Å²) in [4.78, 5) is 0. The van der Waals surface area contributed by atoms with Crippen LogP contribution in [0.2, 0.25) is 0 Å². The Morgan fingerprint density at radius 3 is 2.07 bits per heavy atom. The van der Waals surface area contributed by atoms with Crippen LogP contribution in [-0.4, -0.2) is 5.60 Å².